The van der Waals surface area contributed by atoms with Crippen LogP contribution in [0.15, 0.2) is 36.5 Å². The molecule has 110 valence electrons. The van der Waals surface area contributed by atoms with E-state index < -0.39 is 0 Å². The number of hydrogen-bond donors (Lipinski definition) is 1. The van der Waals surface area contributed by atoms with Gasteiger partial charge in [0.1, 0.15) is 0 Å². The van der Waals surface area contributed by atoms with Crippen molar-refractivity contribution in [3.63, 3.8) is 0 Å². The van der Waals surface area contributed by atoms with Crippen molar-refractivity contribution in [3.05, 3.63) is 42.1 Å². The van der Waals surface area contributed by atoms with Crippen molar-refractivity contribution in [2.24, 2.45) is 11.7 Å². The fraction of sp³-hybridized carbons (Fsp3) is 0.412. The Balaban J connectivity index is 1.85. The van der Waals surface area contributed by atoms with Crippen LogP contribution in [0.25, 0.3) is 10.9 Å². The molecule has 1 fully saturated rings. The van der Waals surface area contributed by atoms with Crippen molar-refractivity contribution >= 4 is 16.8 Å². The predicted octanol–water partition coefficient (Wildman–Crippen LogP) is 2.32. The molecule has 0 radical (unpaired) electrons. The number of aromatic nitrogens is 1. The first-order valence-electron chi connectivity index (χ1n) is 7.51. The molecule has 1 saturated heterocycles. The lowest BCUT2D eigenvalue weighted by Gasteiger charge is -2.37. The van der Waals surface area contributed by atoms with Gasteiger partial charge in [-0.15, -0.1) is 0 Å². The first kappa shape index (κ1) is 14.0. The molecule has 0 saturated carbocycles. The number of nitrogens with two attached hydrogens (primary N) is 1. The molecule has 2 aromatic rings. The Labute approximate surface area is 125 Å². The molecule has 2 N–H and O–H groups in total. The summed E-state index contributed by atoms with van der Waals surface area (Å²) in [5.41, 5.74) is 7.74. The second kappa shape index (κ2) is 5.82. The summed E-state index contributed by atoms with van der Waals surface area (Å²) in [5.74, 6) is -0.202. The van der Waals surface area contributed by atoms with E-state index >= 15 is 0 Å². The number of para-hydroxylation sites is 1. The van der Waals surface area contributed by atoms with E-state index in [1.54, 1.807) is 0 Å². The Hall–Kier alpha value is -1.94. The summed E-state index contributed by atoms with van der Waals surface area (Å²) in [7, 11) is 0. The van der Waals surface area contributed by atoms with Crippen LogP contribution in [-0.4, -0.2) is 28.4 Å². The molecule has 1 aliphatic rings. The van der Waals surface area contributed by atoms with Crippen LogP contribution in [-0.2, 0) is 11.3 Å². The molecule has 0 unspecified atom stereocenters. The predicted molar refractivity (Wildman–Crippen MR) is 83.5 cm³/mol. The summed E-state index contributed by atoms with van der Waals surface area (Å²) in [5, 5.41) is 1.16. The number of carbonyl (C=O) groups is 1. The highest BCUT2D eigenvalue weighted by atomic mass is 16.1. The molecule has 1 amide bonds. The molecule has 3 rings (SSSR count). The van der Waals surface area contributed by atoms with Crippen LogP contribution in [0.1, 0.15) is 25.3 Å². The molecule has 0 aliphatic carbocycles. The monoisotopic (exact) mass is 283 g/mol. The third-order valence-corrected chi connectivity index (χ3v) is 4.50. The van der Waals surface area contributed by atoms with Gasteiger partial charge in [-0.05, 0) is 31.4 Å². The fourth-order valence-corrected chi connectivity index (χ4v) is 3.15. The lowest BCUT2D eigenvalue weighted by molar-refractivity contribution is -0.124. The number of benzene rings is 1. The molecule has 0 spiro atoms. The van der Waals surface area contributed by atoms with Gasteiger partial charge in [0.15, 0.2) is 0 Å². The van der Waals surface area contributed by atoms with Gasteiger partial charge in [-0.3, -0.25) is 14.7 Å². The standard InChI is InChI=1S/C17H21N3O/c1-12-7-8-15(17(18)21)11-20(12)10-14-5-2-4-13-6-3-9-19-16(13)14/h2-6,9,12,15H,7-8,10-11H2,1H3,(H2,18,21)/t12-,15+/m0/s1. The topological polar surface area (TPSA) is 59.2 Å². The number of rotatable bonds is 3. The number of primary amides is 1. The highest BCUT2D eigenvalue weighted by Gasteiger charge is 2.28. The van der Waals surface area contributed by atoms with Crippen molar-refractivity contribution in [2.45, 2.75) is 32.4 Å². The lowest BCUT2D eigenvalue weighted by Crippen LogP contribution is -2.45. The third-order valence-electron chi connectivity index (χ3n) is 4.50. The van der Waals surface area contributed by atoms with Crippen LogP contribution in [0.5, 0.6) is 0 Å². The lowest BCUT2D eigenvalue weighted by atomic mass is 9.92. The zero-order valence-electron chi connectivity index (χ0n) is 12.3. The summed E-state index contributed by atoms with van der Waals surface area (Å²) in [6.07, 6.45) is 3.75. The maximum absolute atomic E-state index is 11.5. The molecule has 4 heteroatoms. The smallest absolute Gasteiger partial charge is 0.221 e. The van der Waals surface area contributed by atoms with Gasteiger partial charge in [-0.25, -0.2) is 0 Å². The van der Waals surface area contributed by atoms with E-state index in [-0.39, 0.29) is 11.8 Å². The Bertz CT molecular complexity index is 650. The first-order chi connectivity index (χ1) is 10.1. The Kier molecular flexibility index (Phi) is 3.88. The second-order valence-corrected chi connectivity index (χ2v) is 5.95. The maximum atomic E-state index is 11.5. The summed E-state index contributed by atoms with van der Waals surface area (Å²) in [6, 6.07) is 10.8. The van der Waals surface area contributed by atoms with Gasteiger partial charge in [0, 0.05) is 30.7 Å². The molecule has 2 heterocycles. The first-order valence-corrected chi connectivity index (χ1v) is 7.51. The molecule has 1 aromatic heterocycles. The SMILES string of the molecule is C[C@H]1CC[C@@H](C(N)=O)CN1Cc1cccc2cccnc12. The summed E-state index contributed by atoms with van der Waals surface area (Å²) in [6.45, 7) is 3.79. The third kappa shape index (κ3) is 2.90. The van der Waals surface area contributed by atoms with E-state index in [1.165, 1.54) is 5.56 Å². The van der Waals surface area contributed by atoms with Crippen LogP contribution in [0.3, 0.4) is 0 Å². The van der Waals surface area contributed by atoms with Crippen molar-refractivity contribution in [3.8, 4) is 0 Å². The molecular formula is C17H21N3O. The minimum atomic E-state index is -0.178. The van der Waals surface area contributed by atoms with Gasteiger partial charge >= 0.3 is 0 Å². The van der Waals surface area contributed by atoms with Crippen LogP contribution >= 0.6 is 0 Å². The number of fused-ring (bicyclic) bond motifs is 1. The van der Waals surface area contributed by atoms with Gasteiger partial charge < -0.3 is 5.73 Å². The summed E-state index contributed by atoms with van der Waals surface area (Å²) < 4.78 is 0. The van der Waals surface area contributed by atoms with E-state index in [0.717, 1.165) is 36.8 Å². The van der Waals surface area contributed by atoms with Crippen LogP contribution < -0.4 is 5.73 Å². The molecule has 1 aromatic carbocycles. The number of amides is 1. The van der Waals surface area contributed by atoms with E-state index in [0.29, 0.717) is 6.04 Å². The maximum Gasteiger partial charge on any atom is 0.221 e. The van der Waals surface area contributed by atoms with Crippen LogP contribution in [0, 0.1) is 5.92 Å². The van der Waals surface area contributed by atoms with Crippen molar-refractivity contribution in [1.82, 2.24) is 9.88 Å². The summed E-state index contributed by atoms with van der Waals surface area (Å²) >= 11 is 0. The number of nitrogens with zero attached hydrogens (tertiary/aromatic N) is 2. The fourth-order valence-electron chi connectivity index (χ4n) is 3.15. The van der Waals surface area contributed by atoms with Crippen LogP contribution in [0.2, 0.25) is 0 Å². The second-order valence-electron chi connectivity index (χ2n) is 5.95. The number of piperidine rings is 1. The molecule has 1 aliphatic heterocycles. The van der Waals surface area contributed by atoms with Crippen molar-refractivity contribution in [1.29, 1.82) is 0 Å². The minimum absolute atomic E-state index is 0.0239. The van der Waals surface area contributed by atoms with E-state index in [2.05, 4.69) is 41.1 Å². The number of pyridine rings is 1. The zero-order chi connectivity index (χ0) is 14.8. The number of likely N-dealkylation sites (tertiary alicyclic amines) is 1. The van der Waals surface area contributed by atoms with E-state index in [1.807, 2.05) is 12.3 Å². The van der Waals surface area contributed by atoms with Gasteiger partial charge in [0.2, 0.25) is 5.91 Å². The Morgan fingerprint density at radius 2 is 2.14 bits per heavy atom. The average molecular weight is 283 g/mol. The van der Waals surface area contributed by atoms with E-state index in [9.17, 15) is 4.79 Å². The molecule has 4 nitrogen and oxygen atoms in total. The highest BCUT2D eigenvalue weighted by molar-refractivity contribution is 5.81. The van der Waals surface area contributed by atoms with E-state index in [4.69, 9.17) is 5.73 Å². The largest absolute Gasteiger partial charge is 0.369 e. The normalized spacial score (nSPS) is 23.3. The Morgan fingerprint density at radius 3 is 2.95 bits per heavy atom. The molecule has 2 atom stereocenters. The minimum Gasteiger partial charge on any atom is -0.369 e. The number of hydrogen-bond acceptors (Lipinski definition) is 3. The van der Waals surface area contributed by atoms with Crippen molar-refractivity contribution < 1.29 is 4.79 Å². The van der Waals surface area contributed by atoms with Gasteiger partial charge in [0.05, 0.1) is 11.4 Å². The molecule has 0 bridgehead atoms. The summed E-state index contributed by atoms with van der Waals surface area (Å²) in [4.78, 5) is 18.3. The van der Waals surface area contributed by atoms with Crippen molar-refractivity contribution in [2.75, 3.05) is 6.54 Å². The highest BCUT2D eigenvalue weighted by Crippen LogP contribution is 2.25. The number of carbonyl (C=O) groups excluding carboxylic acids is 1. The average Bonchev–Trinajstić information content (AvgIpc) is 2.49. The van der Waals surface area contributed by atoms with Gasteiger partial charge in [-0.2, -0.15) is 0 Å². The van der Waals surface area contributed by atoms with Gasteiger partial charge in [0.25, 0.3) is 0 Å². The van der Waals surface area contributed by atoms with Crippen LogP contribution in [0.4, 0.5) is 0 Å². The molecular weight excluding hydrogens is 262 g/mol. The zero-order valence-corrected chi connectivity index (χ0v) is 12.3. The quantitative estimate of drug-likeness (QED) is 0.940. The molecule has 21 heavy (non-hydrogen) atoms. The van der Waals surface area contributed by atoms with Gasteiger partial charge in [-0.1, -0.05) is 24.3 Å². The Morgan fingerprint density at radius 1 is 1.33 bits per heavy atom.